The summed E-state index contributed by atoms with van der Waals surface area (Å²) in [7, 11) is 0. The molecule has 6 heteroatoms. The molecule has 0 radical (unpaired) electrons. The van der Waals surface area contributed by atoms with E-state index in [4.69, 9.17) is 0 Å². The van der Waals surface area contributed by atoms with Gasteiger partial charge in [-0.25, -0.2) is 15.8 Å². The summed E-state index contributed by atoms with van der Waals surface area (Å²) in [6, 6.07) is 12.5. The molecule has 2 unspecified atom stereocenters. The Bertz CT molecular complexity index is 801. The Kier molecular flexibility index (Phi) is 5.09. The first-order valence-electron chi connectivity index (χ1n) is 9.65. The number of aromatic nitrogens is 1. The van der Waals surface area contributed by atoms with Crippen LogP contribution in [0.2, 0.25) is 0 Å². The van der Waals surface area contributed by atoms with E-state index >= 15 is 0 Å². The van der Waals surface area contributed by atoms with Crippen LogP contribution in [0.1, 0.15) is 29.2 Å². The quantitative estimate of drug-likeness (QED) is 0.871. The van der Waals surface area contributed by atoms with Gasteiger partial charge in [-0.2, -0.15) is 0 Å². The van der Waals surface area contributed by atoms with Crippen molar-refractivity contribution in [2.75, 3.05) is 31.1 Å². The highest BCUT2D eigenvalue weighted by Crippen LogP contribution is 2.26. The van der Waals surface area contributed by atoms with Crippen molar-refractivity contribution in [3.63, 3.8) is 0 Å². The van der Waals surface area contributed by atoms with Gasteiger partial charge in [-0.3, -0.25) is 4.79 Å². The molecule has 2 N–H and O–H groups in total. The van der Waals surface area contributed by atoms with Crippen molar-refractivity contribution in [3.8, 4) is 0 Å². The Balaban J connectivity index is 1.34. The summed E-state index contributed by atoms with van der Waals surface area (Å²) >= 11 is 0. The van der Waals surface area contributed by atoms with Crippen LogP contribution < -0.4 is 15.8 Å². The Morgan fingerprint density at radius 1 is 1.07 bits per heavy atom. The fraction of sp³-hybridized carbons (Fsp3) is 0.429. The fourth-order valence-corrected chi connectivity index (χ4v) is 4.06. The van der Waals surface area contributed by atoms with Crippen molar-refractivity contribution in [2.45, 2.75) is 32.4 Å². The molecule has 2 aliphatic heterocycles. The van der Waals surface area contributed by atoms with Crippen LogP contribution in [0.3, 0.4) is 0 Å². The maximum absolute atomic E-state index is 12.9. The minimum Gasteiger partial charge on any atom is -0.353 e. The van der Waals surface area contributed by atoms with Crippen molar-refractivity contribution in [2.24, 2.45) is 0 Å². The van der Waals surface area contributed by atoms with Crippen LogP contribution in [0.4, 0.5) is 5.82 Å². The average molecular weight is 365 g/mol. The van der Waals surface area contributed by atoms with E-state index in [-0.39, 0.29) is 18.0 Å². The van der Waals surface area contributed by atoms with Crippen LogP contribution in [-0.2, 0) is 4.79 Å². The number of carbonyl (C=O) groups is 1. The van der Waals surface area contributed by atoms with E-state index < -0.39 is 0 Å². The predicted octanol–water partition coefficient (Wildman–Crippen LogP) is 1.95. The first-order valence-corrected chi connectivity index (χ1v) is 9.65. The lowest BCUT2D eigenvalue weighted by molar-refractivity contribution is -0.133. The molecule has 4 rings (SSSR count). The van der Waals surface area contributed by atoms with E-state index in [0.717, 1.165) is 38.4 Å². The van der Waals surface area contributed by atoms with Crippen molar-refractivity contribution in [1.82, 2.24) is 20.7 Å². The first kappa shape index (κ1) is 17.9. The topological polar surface area (TPSA) is 60.5 Å². The molecule has 2 aliphatic rings. The molecule has 2 saturated heterocycles. The lowest BCUT2D eigenvalue weighted by atomic mass is 9.96. The van der Waals surface area contributed by atoms with E-state index in [2.05, 4.69) is 52.8 Å². The van der Waals surface area contributed by atoms with Gasteiger partial charge in [-0.05, 0) is 43.5 Å². The number of amides is 1. The number of pyridine rings is 1. The minimum atomic E-state index is -0.169. The molecule has 6 nitrogen and oxygen atoms in total. The van der Waals surface area contributed by atoms with Crippen molar-refractivity contribution < 1.29 is 4.79 Å². The number of benzene rings is 1. The van der Waals surface area contributed by atoms with Gasteiger partial charge in [-0.15, -0.1) is 0 Å². The Hall–Kier alpha value is -2.44. The number of hydrogen-bond donors (Lipinski definition) is 2. The van der Waals surface area contributed by atoms with Crippen LogP contribution in [0.25, 0.3) is 0 Å². The SMILES string of the molecule is Cc1ccc(C2CC(C(=O)N3CCN(c4ccccn4)CC3)NN2)c(C)c1. The molecule has 0 saturated carbocycles. The van der Waals surface area contributed by atoms with E-state index in [9.17, 15) is 4.79 Å². The minimum absolute atomic E-state index is 0.169. The highest BCUT2D eigenvalue weighted by molar-refractivity contribution is 5.82. The third-order valence-corrected chi connectivity index (χ3v) is 5.57. The zero-order valence-electron chi connectivity index (χ0n) is 16.0. The first-order chi connectivity index (χ1) is 13.1. The summed E-state index contributed by atoms with van der Waals surface area (Å²) in [5, 5.41) is 0. The molecule has 142 valence electrons. The van der Waals surface area contributed by atoms with Crippen molar-refractivity contribution in [1.29, 1.82) is 0 Å². The summed E-state index contributed by atoms with van der Waals surface area (Å²) in [6.07, 6.45) is 2.59. The largest absolute Gasteiger partial charge is 0.353 e. The van der Waals surface area contributed by atoms with Gasteiger partial charge in [-0.1, -0.05) is 29.8 Å². The number of rotatable bonds is 3. The van der Waals surface area contributed by atoms with Gasteiger partial charge < -0.3 is 9.80 Å². The van der Waals surface area contributed by atoms with Gasteiger partial charge in [0.15, 0.2) is 0 Å². The van der Waals surface area contributed by atoms with E-state index in [1.165, 1.54) is 16.7 Å². The number of nitrogens with zero attached hydrogens (tertiary/aromatic N) is 3. The van der Waals surface area contributed by atoms with Crippen molar-refractivity contribution >= 4 is 11.7 Å². The molecule has 2 aromatic rings. The van der Waals surface area contributed by atoms with Gasteiger partial charge in [0.25, 0.3) is 0 Å². The van der Waals surface area contributed by atoms with E-state index in [1.54, 1.807) is 0 Å². The van der Waals surface area contributed by atoms with Crippen LogP contribution >= 0.6 is 0 Å². The predicted molar refractivity (Wildman–Crippen MR) is 106 cm³/mol. The summed E-state index contributed by atoms with van der Waals surface area (Å²) in [4.78, 5) is 21.6. The van der Waals surface area contributed by atoms with E-state index in [0.29, 0.717) is 0 Å². The zero-order valence-corrected chi connectivity index (χ0v) is 16.0. The molecule has 0 spiro atoms. The van der Waals surface area contributed by atoms with Gasteiger partial charge in [0, 0.05) is 38.4 Å². The summed E-state index contributed by atoms with van der Waals surface area (Å²) in [5.74, 6) is 1.18. The number of aryl methyl sites for hydroxylation is 2. The zero-order chi connectivity index (χ0) is 18.8. The van der Waals surface area contributed by atoms with Crippen LogP contribution in [-0.4, -0.2) is 48.0 Å². The molecule has 2 atom stereocenters. The second kappa shape index (κ2) is 7.66. The Morgan fingerprint density at radius 3 is 2.59 bits per heavy atom. The smallest absolute Gasteiger partial charge is 0.241 e. The van der Waals surface area contributed by atoms with Crippen LogP contribution in [0.15, 0.2) is 42.6 Å². The molecule has 2 fully saturated rings. The molecule has 0 bridgehead atoms. The van der Waals surface area contributed by atoms with Crippen molar-refractivity contribution in [3.05, 3.63) is 59.3 Å². The molecule has 1 amide bonds. The van der Waals surface area contributed by atoms with Gasteiger partial charge in [0.2, 0.25) is 5.91 Å². The number of hydrogen-bond acceptors (Lipinski definition) is 5. The Labute approximate surface area is 160 Å². The summed E-state index contributed by atoms with van der Waals surface area (Å²) in [5.41, 5.74) is 10.3. The number of anilines is 1. The number of piperazine rings is 1. The number of nitrogens with one attached hydrogen (secondary N) is 2. The van der Waals surface area contributed by atoms with Crippen LogP contribution in [0.5, 0.6) is 0 Å². The average Bonchev–Trinajstić information content (AvgIpc) is 3.18. The number of carbonyl (C=O) groups excluding carboxylic acids is 1. The summed E-state index contributed by atoms with van der Waals surface area (Å²) in [6.45, 7) is 7.36. The highest BCUT2D eigenvalue weighted by atomic mass is 16.2. The second-order valence-corrected chi connectivity index (χ2v) is 7.49. The highest BCUT2D eigenvalue weighted by Gasteiger charge is 2.34. The number of hydrazine groups is 1. The molecular formula is C21H27N5O. The van der Waals surface area contributed by atoms with E-state index in [1.807, 2.05) is 29.3 Å². The molecular weight excluding hydrogens is 338 g/mol. The normalized spacial score (nSPS) is 22.9. The van der Waals surface area contributed by atoms with Crippen LogP contribution in [0, 0.1) is 13.8 Å². The second-order valence-electron chi connectivity index (χ2n) is 7.49. The maximum atomic E-state index is 12.9. The molecule has 3 heterocycles. The van der Waals surface area contributed by atoms with Gasteiger partial charge in [0.1, 0.15) is 11.9 Å². The lowest BCUT2D eigenvalue weighted by Gasteiger charge is -2.36. The molecule has 27 heavy (non-hydrogen) atoms. The Morgan fingerprint density at radius 2 is 1.89 bits per heavy atom. The molecule has 0 aliphatic carbocycles. The molecule has 1 aromatic heterocycles. The summed E-state index contributed by atoms with van der Waals surface area (Å²) < 4.78 is 0. The molecule has 1 aromatic carbocycles. The maximum Gasteiger partial charge on any atom is 0.241 e. The monoisotopic (exact) mass is 365 g/mol. The lowest BCUT2D eigenvalue weighted by Crippen LogP contribution is -2.53. The standard InChI is InChI=1S/C21H27N5O/c1-15-6-7-17(16(2)13-15)18-14-19(24-23-18)21(27)26-11-9-25(10-12-26)20-5-3-4-8-22-20/h3-8,13,18-19,23-24H,9-12,14H2,1-2H3. The fourth-order valence-electron chi connectivity index (χ4n) is 4.06. The third-order valence-electron chi connectivity index (χ3n) is 5.57. The van der Waals surface area contributed by atoms with Gasteiger partial charge in [0.05, 0.1) is 0 Å². The third kappa shape index (κ3) is 3.82. The van der Waals surface area contributed by atoms with Gasteiger partial charge >= 0.3 is 0 Å².